The molecule has 0 fully saturated rings. The van der Waals surface area contributed by atoms with Gasteiger partial charge in [-0.1, -0.05) is 0 Å². The second kappa shape index (κ2) is 6.83. The number of hydrogen-bond acceptors (Lipinski definition) is 7. The molecule has 1 aliphatic heterocycles. The third-order valence-electron chi connectivity index (χ3n) is 4.62. The highest BCUT2D eigenvalue weighted by atomic mass is 32.2. The van der Waals surface area contributed by atoms with Gasteiger partial charge in [-0.05, 0) is 37.3 Å². The minimum atomic E-state index is -3.81. The van der Waals surface area contributed by atoms with E-state index in [2.05, 4.69) is 25.8 Å². The summed E-state index contributed by atoms with van der Waals surface area (Å²) in [7, 11) is -2.03. The number of aryl methyl sites for hydroxylation is 1. The fourth-order valence-electron chi connectivity index (χ4n) is 3.24. The van der Waals surface area contributed by atoms with Crippen molar-refractivity contribution in [3.05, 3.63) is 59.8 Å². The van der Waals surface area contributed by atoms with Crippen molar-refractivity contribution in [1.82, 2.24) is 24.5 Å². The van der Waals surface area contributed by atoms with Crippen molar-refractivity contribution in [2.75, 3.05) is 10.6 Å². The lowest BCUT2D eigenvalue weighted by Crippen LogP contribution is -2.32. The molecule has 0 aliphatic carbocycles. The van der Waals surface area contributed by atoms with Crippen molar-refractivity contribution < 1.29 is 13.2 Å². The molecule has 0 saturated heterocycles. The molecule has 11 nitrogen and oxygen atoms in total. The molecule has 1 unspecified atom stereocenters. The SMILES string of the molecule is CC1=C(C(=O)Nc2ccc(S(N)(=O)=O)cc2)C(c2ccnn2C)n2ncnc2N1. The first-order chi connectivity index (χ1) is 13.8. The number of aromatic nitrogens is 5. The van der Waals surface area contributed by atoms with Crippen LogP contribution >= 0.6 is 0 Å². The smallest absolute Gasteiger partial charge is 0.255 e. The fraction of sp³-hybridized carbons (Fsp3) is 0.176. The van der Waals surface area contributed by atoms with Crippen LogP contribution in [-0.4, -0.2) is 38.9 Å². The Balaban J connectivity index is 1.70. The van der Waals surface area contributed by atoms with E-state index >= 15 is 0 Å². The highest BCUT2D eigenvalue weighted by Crippen LogP contribution is 2.34. The lowest BCUT2D eigenvalue weighted by atomic mass is 9.99. The number of benzene rings is 1. The summed E-state index contributed by atoms with van der Waals surface area (Å²) in [6.45, 7) is 1.78. The van der Waals surface area contributed by atoms with Crippen LogP contribution in [-0.2, 0) is 21.9 Å². The minimum Gasteiger partial charge on any atom is -0.328 e. The van der Waals surface area contributed by atoms with Gasteiger partial charge in [0, 0.05) is 24.6 Å². The molecule has 0 radical (unpaired) electrons. The van der Waals surface area contributed by atoms with Gasteiger partial charge in [0.25, 0.3) is 5.91 Å². The summed E-state index contributed by atoms with van der Waals surface area (Å²) < 4.78 is 26.1. The molecule has 3 heterocycles. The molecule has 1 atom stereocenters. The molecule has 2 aromatic heterocycles. The number of allylic oxidation sites excluding steroid dienone is 1. The molecule has 4 rings (SSSR count). The largest absolute Gasteiger partial charge is 0.328 e. The number of nitrogens with zero attached hydrogens (tertiary/aromatic N) is 5. The van der Waals surface area contributed by atoms with Gasteiger partial charge in [-0.2, -0.15) is 15.2 Å². The van der Waals surface area contributed by atoms with Gasteiger partial charge in [0.1, 0.15) is 12.4 Å². The predicted octanol–water partition coefficient (Wildman–Crippen LogP) is 0.587. The Bertz CT molecular complexity index is 1220. The maximum Gasteiger partial charge on any atom is 0.255 e. The summed E-state index contributed by atoms with van der Waals surface area (Å²) in [5.41, 5.74) is 2.24. The average molecular weight is 414 g/mol. The van der Waals surface area contributed by atoms with E-state index in [4.69, 9.17) is 5.14 Å². The number of rotatable bonds is 4. The molecule has 12 heteroatoms. The summed E-state index contributed by atoms with van der Waals surface area (Å²) in [6, 6.07) is 6.89. The van der Waals surface area contributed by atoms with Crippen LogP contribution in [0.25, 0.3) is 0 Å². The molecular formula is C17H18N8O3S. The van der Waals surface area contributed by atoms with E-state index in [9.17, 15) is 13.2 Å². The van der Waals surface area contributed by atoms with Crippen LogP contribution in [0.5, 0.6) is 0 Å². The zero-order chi connectivity index (χ0) is 20.8. The molecule has 1 aromatic carbocycles. The molecule has 3 aromatic rings. The lowest BCUT2D eigenvalue weighted by molar-refractivity contribution is -0.113. The van der Waals surface area contributed by atoms with Crippen LogP contribution in [0.3, 0.4) is 0 Å². The van der Waals surface area contributed by atoms with Gasteiger partial charge in [0.15, 0.2) is 0 Å². The molecule has 0 spiro atoms. The maximum atomic E-state index is 13.2. The third-order valence-corrected chi connectivity index (χ3v) is 5.55. The molecule has 0 bridgehead atoms. The summed E-state index contributed by atoms with van der Waals surface area (Å²) in [5, 5.41) is 19.4. The zero-order valence-electron chi connectivity index (χ0n) is 15.6. The van der Waals surface area contributed by atoms with E-state index < -0.39 is 16.1 Å². The first kappa shape index (κ1) is 18.8. The predicted molar refractivity (Wildman–Crippen MR) is 104 cm³/mol. The van der Waals surface area contributed by atoms with E-state index in [-0.39, 0.29) is 10.8 Å². The van der Waals surface area contributed by atoms with Crippen LogP contribution in [0.4, 0.5) is 11.6 Å². The topological polar surface area (TPSA) is 150 Å². The Kier molecular flexibility index (Phi) is 4.43. The fourth-order valence-corrected chi connectivity index (χ4v) is 3.75. The van der Waals surface area contributed by atoms with Crippen molar-refractivity contribution in [3.8, 4) is 0 Å². The van der Waals surface area contributed by atoms with E-state index in [0.717, 1.165) is 5.69 Å². The number of primary sulfonamides is 1. The van der Waals surface area contributed by atoms with E-state index in [1.165, 1.54) is 30.6 Å². The van der Waals surface area contributed by atoms with E-state index in [0.29, 0.717) is 22.9 Å². The van der Waals surface area contributed by atoms with Gasteiger partial charge in [-0.25, -0.2) is 18.2 Å². The number of anilines is 2. The molecule has 1 aliphatic rings. The maximum absolute atomic E-state index is 13.2. The minimum absolute atomic E-state index is 0.0368. The van der Waals surface area contributed by atoms with Crippen molar-refractivity contribution >= 4 is 27.6 Å². The van der Waals surface area contributed by atoms with Crippen LogP contribution < -0.4 is 15.8 Å². The highest BCUT2D eigenvalue weighted by Gasteiger charge is 2.35. The Hall–Kier alpha value is -3.51. The Morgan fingerprint density at radius 1 is 1.21 bits per heavy atom. The van der Waals surface area contributed by atoms with Gasteiger partial charge >= 0.3 is 0 Å². The van der Waals surface area contributed by atoms with Crippen LogP contribution in [0.1, 0.15) is 18.7 Å². The van der Waals surface area contributed by atoms with Gasteiger partial charge in [0.05, 0.1) is 16.2 Å². The summed E-state index contributed by atoms with van der Waals surface area (Å²) in [5.74, 6) is 0.147. The Labute approximate surface area is 166 Å². The number of hydrogen-bond donors (Lipinski definition) is 3. The normalized spacial score (nSPS) is 16.3. The van der Waals surface area contributed by atoms with E-state index in [1.807, 2.05) is 6.07 Å². The van der Waals surface area contributed by atoms with Crippen molar-refractivity contribution in [2.24, 2.45) is 12.2 Å². The Morgan fingerprint density at radius 3 is 2.55 bits per heavy atom. The zero-order valence-corrected chi connectivity index (χ0v) is 16.4. The van der Waals surface area contributed by atoms with E-state index in [1.54, 1.807) is 29.5 Å². The third kappa shape index (κ3) is 3.39. The standard InChI is InChI=1S/C17H18N8O3S/c1-10-14(16(26)23-11-3-5-12(6-4-11)29(18,27)28)15(13-7-8-20-24(13)2)25-17(22-10)19-9-21-25/h3-9,15H,1-2H3,(H,23,26)(H2,18,27,28)(H,19,21,22). The van der Waals surface area contributed by atoms with Gasteiger partial charge in [0.2, 0.25) is 16.0 Å². The number of sulfonamides is 1. The number of nitrogens with one attached hydrogen (secondary N) is 2. The summed E-state index contributed by atoms with van der Waals surface area (Å²) in [6.07, 6.45) is 3.05. The Morgan fingerprint density at radius 2 is 1.93 bits per heavy atom. The number of nitrogens with two attached hydrogens (primary N) is 1. The number of amides is 1. The van der Waals surface area contributed by atoms with Gasteiger partial charge in [-0.15, -0.1) is 0 Å². The van der Waals surface area contributed by atoms with Gasteiger partial charge in [-0.3, -0.25) is 9.48 Å². The summed E-state index contributed by atoms with van der Waals surface area (Å²) >= 11 is 0. The monoisotopic (exact) mass is 414 g/mol. The van der Waals surface area contributed by atoms with Gasteiger partial charge < -0.3 is 10.6 Å². The first-order valence-corrected chi connectivity index (χ1v) is 10.1. The molecule has 4 N–H and O–H groups in total. The van der Waals surface area contributed by atoms with Crippen molar-refractivity contribution in [2.45, 2.75) is 17.9 Å². The van der Waals surface area contributed by atoms with Crippen molar-refractivity contribution in [3.63, 3.8) is 0 Å². The quantitative estimate of drug-likeness (QED) is 0.565. The first-order valence-electron chi connectivity index (χ1n) is 8.55. The highest BCUT2D eigenvalue weighted by molar-refractivity contribution is 7.89. The van der Waals surface area contributed by atoms with Crippen LogP contribution in [0.2, 0.25) is 0 Å². The summed E-state index contributed by atoms with van der Waals surface area (Å²) in [4.78, 5) is 17.3. The second-order valence-corrected chi connectivity index (χ2v) is 8.06. The molecule has 150 valence electrons. The molecule has 0 saturated carbocycles. The molecular weight excluding hydrogens is 396 g/mol. The van der Waals surface area contributed by atoms with Crippen LogP contribution in [0, 0.1) is 0 Å². The number of fused-ring (bicyclic) bond motifs is 1. The molecule has 29 heavy (non-hydrogen) atoms. The van der Waals surface area contributed by atoms with Crippen LogP contribution in [0.15, 0.2) is 59.0 Å². The number of carbonyl (C=O) groups is 1. The van der Waals surface area contributed by atoms with Crippen molar-refractivity contribution in [1.29, 1.82) is 0 Å². The second-order valence-electron chi connectivity index (χ2n) is 6.50. The number of carbonyl (C=O) groups excluding carboxylic acids is 1. The molecule has 1 amide bonds. The average Bonchev–Trinajstić information content (AvgIpc) is 3.28. The lowest BCUT2D eigenvalue weighted by Gasteiger charge is -2.28.